The van der Waals surface area contributed by atoms with Gasteiger partial charge >= 0.3 is 0 Å². The highest BCUT2D eigenvalue weighted by molar-refractivity contribution is 6.30. The third-order valence-corrected chi connectivity index (χ3v) is 6.74. The molecule has 2 aromatic carbocycles. The van der Waals surface area contributed by atoms with Gasteiger partial charge in [-0.1, -0.05) is 36.7 Å². The summed E-state index contributed by atoms with van der Waals surface area (Å²) in [4.78, 5) is 18.2. The summed E-state index contributed by atoms with van der Waals surface area (Å²) in [6.07, 6.45) is 4.39. The highest BCUT2D eigenvalue weighted by Crippen LogP contribution is 2.51. The number of fused-ring (bicyclic) bond motifs is 1. The molecule has 1 aliphatic rings. The molecule has 4 rings (SSSR count). The second kappa shape index (κ2) is 11.1. The van der Waals surface area contributed by atoms with Crippen LogP contribution in [0.2, 0.25) is 5.02 Å². The average Bonchev–Trinajstić information content (AvgIpc) is 3.44. The van der Waals surface area contributed by atoms with Gasteiger partial charge in [0.25, 0.3) is 5.91 Å². The minimum atomic E-state index is -0.0343. The van der Waals surface area contributed by atoms with Crippen LogP contribution in [0, 0.1) is 5.92 Å². The van der Waals surface area contributed by atoms with Crippen LogP contribution in [0.15, 0.2) is 48.5 Å². The zero-order chi connectivity index (χ0) is 23.2. The SMILES string of the molecule is CCCN(CCCCNC(=O)c1cc2ccccc2[nH]1)CC1CC1c1cc(Cl)ccc1OC. The van der Waals surface area contributed by atoms with E-state index in [4.69, 9.17) is 16.3 Å². The van der Waals surface area contributed by atoms with E-state index in [-0.39, 0.29) is 5.91 Å². The first-order chi connectivity index (χ1) is 16.1. The summed E-state index contributed by atoms with van der Waals surface area (Å²) < 4.78 is 5.55. The van der Waals surface area contributed by atoms with Crippen LogP contribution in [0.1, 0.15) is 54.6 Å². The van der Waals surface area contributed by atoms with Crippen LogP contribution in [-0.2, 0) is 0 Å². The molecular weight excluding hydrogens is 434 g/mol. The molecule has 33 heavy (non-hydrogen) atoms. The van der Waals surface area contributed by atoms with Gasteiger partial charge in [0.05, 0.1) is 7.11 Å². The number of rotatable bonds is 12. The van der Waals surface area contributed by atoms with Crippen molar-refractivity contribution in [1.82, 2.24) is 15.2 Å². The molecule has 0 spiro atoms. The molecule has 1 aromatic heterocycles. The Morgan fingerprint density at radius 3 is 2.82 bits per heavy atom. The molecule has 0 radical (unpaired) electrons. The van der Waals surface area contributed by atoms with Gasteiger partial charge in [-0.2, -0.15) is 0 Å². The lowest BCUT2D eigenvalue weighted by atomic mass is 10.1. The number of aromatic nitrogens is 1. The first-order valence-electron chi connectivity index (χ1n) is 12.0. The maximum atomic E-state index is 12.4. The summed E-state index contributed by atoms with van der Waals surface area (Å²) in [7, 11) is 1.73. The fraction of sp³-hybridized carbons (Fsp3) is 0.444. The van der Waals surface area contributed by atoms with Crippen LogP contribution < -0.4 is 10.1 Å². The molecule has 176 valence electrons. The number of nitrogens with zero attached hydrogens (tertiary/aromatic N) is 1. The quantitative estimate of drug-likeness (QED) is 0.328. The largest absolute Gasteiger partial charge is 0.496 e. The van der Waals surface area contributed by atoms with Gasteiger partial charge < -0.3 is 19.9 Å². The predicted molar refractivity (Wildman–Crippen MR) is 135 cm³/mol. The van der Waals surface area contributed by atoms with Gasteiger partial charge in [-0.15, -0.1) is 0 Å². The number of H-pyrrole nitrogens is 1. The average molecular weight is 468 g/mol. The van der Waals surface area contributed by atoms with Crippen LogP contribution in [-0.4, -0.2) is 49.1 Å². The number of methoxy groups -OCH3 is 1. The first-order valence-corrected chi connectivity index (χ1v) is 12.4. The molecule has 2 unspecified atom stereocenters. The van der Waals surface area contributed by atoms with Crippen molar-refractivity contribution in [3.63, 3.8) is 0 Å². The minimum Gasteiger partial charge on any atom is -0.496 e. The number of carbonyl (C=O) groups excluding carboxylic acids is 1. The number of unbranched alkanes of at least 4 members (excludes halogenated alkanes) is 1. The number of nitrogens with one attached hydrogen (secondary N) is 2. The number of hydrogen-bond donors (Lipinski definition) is 2. The lowest BCUT2D eigenvalue weighted by molar-refractivity contribution is 0.0948. The standard InChI is InChI=1S/C27H34ClN3O2/c1-3-13-31(18-20-15-22(20)23-17-21(28)10-11-26(23)33-2)14-7-6-12-29-27(32)25-16-19-8-4-5-9-24(19)30-25/h4-5,8-11,16-17,20,22,30H,3,6-7,12-15,18H2,1-2H3,(H,29,32). The van der Waals surface area contributed by atoms with Crippen LogP contribution in [0.4, 0.5) is 0 Å². The van der Waals surface area contributed by atoms with Crippen molar-refractivity contribution in [2.24, 2.45) is 5.92 Å². The second-order valence-electron chi connectivity index (χ2n) is 9.02. The number of hydrogen-bond acceptors (Lipinski definition) is 3. The molecule has 1 amide bonds. The fourth-order valence-electron chi connectivity index (χ4n) is 4.72. The summed E-state index contributed by atoms with van der Waals surface area (Å²) in [5.41, 5.74) is 2.86. The maximum absolute atomic E-state index is 12.4. The fourth-order valence-corrected chi connectivity index (χ4v) is 4.90. The van der Waals surface area contributed by atoms with E-state index in [2.05, 4.69) is 28.2 Å². The van der Waals surface area contributed by atoms with E-state index in [1.807, 2.05) is 42.5 Å². The molecule has 0 bridgehead atoms. The molecule has 1 heterocycles. The molecule has 6 heteroatoms. The van der Waals surface area contributed by atoms with Crippen molar-refractivity contribution in [1.29, 1.82) is 0 Å². The van der Waals surface area contributed by atoms with Crippen LogP contribution in [0.3, 0.4) is 0 Å². The third kappa shape index (κ3) is 6.10. The molecule has 1 saturated carbocycles. The Balaban J connectivity index is 1.20. The van der Waals surface area contributed by atoms with Crippen LogP contribution in [0.5, 0.6) is 5.75 Å². The number of ether oxygens (including phenoxy) is 1. The van der Waals surface area contributed by atoms with Crippen molar-refractivity contribution in [2.45, 2.75) is 38.5 Å². The summed E-state index contributed by atoms with van der Waals surface area (Å²) in [5.74, 6) is 2.10. The van der Waals surface area contributed by atoms with Gasteiger partial charge in [0.15, 0.2) is 0 Å². The number of para-hydroxylation sites is 1. The summed E-state index contributed by atoms with van der Waals surface area (Å²) in [6.45, 7) is 6.21. The molecule has 0 aliphatic heterocycles. The Bertz CT molecular complexity index is 1050. The molecule has 0 saturated heterocycles. The van der Waals surface area contributed by atoms with E-state index in [1.54, 1.807) is 7.11 Å². The van der Waals surface area contributed by atoms with Gasteiger partial charge in [-0.3, -0.25) is 4.79 Å². The Hall–Kier alpha value is -2.50. The van der Waals surface area contributed by atoms with Gasteiger partial charge in [-0.25, -0.2) is 0 Å². The van der Waals surface area contributed by atoms with Crippen molar-refractivity contribution >= 4 is 28.4 Å². The molecule has 2 atom stereocenters. The van der Waals surface area contributed by atoms with E-state index in [9.17, 15) is 4.79 Å². The Kier molecular flexibility index (Phi) is 7.94. The molecule has 1 aliphatic carbocycles. The second-order valence-corrected chi connectivity index (χ2v) is 9.46. The van der Waals surface area contributed by atoms with Crippen LogP contribution in [0.25, 0.3) is 10.9 Å². The molecule has 5 nitrogen and oxygen atoms in total. The summed E-state index contributed by atoms with van der Waals surface area (Å²) in [6, 6.07) is 15.8. The Morgan fingerprint density at radius 2 is 2.03 bits per heavy atom. The van der Waals surface area contributed by atoms with Crippen molar-refractivity contribution in [3.8, 4) is 5.75 Å². The number of benzene rings is 2. The van der Waals surface area contributed by atoms with E-state index in [1.165, 1.54) is 12.0 Å². The Morgan fingerprint density at radius 1 is 1.18 bits per heavy atom. The van der Waals surface area contributed by atoms with Crippen molar-refractivity contribution < 1.29 is 9.53 Å². The molecule has 1 fully saturated rings. The van der Waals surface area contributed by atoms with E-state index in [0.29, 0.717) is 24.1 Å². The maximum Gasteiger partial charge on any atom is 0.267 e. The number of carbonyl (C=O) groups is 1. The monoisotopic (exact) mass is 467 g/mol. The normalized spacial score (nSPS) is 17.5. The van der Waals surface area contributed by atoms with Gasteiger partial charge in [0.2, 0.25) is 0 Å². The predicted octanol–water partition coefficient (Wildman–Crippen LogP) is 5.86. The molecule has 2 N–H and O–H groups in total. The van der Waals surface area contributed by atoms with E-state index in [0.717, 1.165) is 60.6 Å². The zero-order valence-electron chi connectivity index (χ0n) is 19.6. The van der Waals surface area contributed by atoms with Crippen LogP contribution >= 0.6 is 11.6 Å². The lowest BCUT2D eigenvalue weighted by Crippen LogP contribution is -2.30. The first kappa shape index (κ1) is 23.7. The Labute approximate surface area is 201 Å². The van der Waals surface area contributed by atoms with Crippen molar-refractivity contribution in [2.75, 3.05) is 33.3 Å². The summed E-state index contributed by atoms with van der Waals surface area (Å²) in [5, 5.41) is 4.89. The highest BCUT2D eigenvalue weighted by Gasteiger charge is 2.40. The lowest BCUT2D eigenvalue weighted by Gasteiger charge is -2.22. The van der Waals surface area contributed by atoms with E-state index < -0.39 is 0 Å². The van der Waals surface area contributed by atoms with E-state index >= 15 is 0 Å². The highest BCUT2D eigenvalue weighted by atomic mass is 35.5. The summed E-state index contributed by atoms with van der Waals surface area (Å²) >= 11 is 6.23. The van der Waals surface area contributed by atoms with Gasteiger partial charge in [-0.05, 0) is 86.5 Å². The zero-order valence-corrected chi connectivity index (χ0v) is 20.3. The van der Waals surface area contributed by atoms with Gasteiger partial charge in [0, 0.05) is 29.0 Å². The topological polar surface area (TPSA) is 57.4 Å². The number of aromatic amines is 1. The van der Waals surface area contributed by atoms with Crippen molar-refractivity contribution in [3.05, 3.63) is 64.8 Å². The molecule has 3 aromatic rings. The minimum absolute atomic E-state index is 0.0343. The number of halogens is 1. The smallest absolute Gasteiger partial charge is 0.267 e. The third-order valence-electron chi connectivity index (χ3n) is 6.51. The molecular formula is C27H34ClN3O2. The number of amides is 1. The van der Waals surface area contributed by atoms with Gasteiger partial charge in [0.1, 0.15) is 11.4 Å².